The van der Waals surface area contributed by atoms with Gasteiger partial charge in [0.05, 0.1) is 12.3 Å². The molecule has 0 heterocycles. The van der Waals surface area contributed by atoms with E-state index >= 15 is 0 Å². The Balaban J connectivity index is 3.90. The molecule has 0 bridgehead atoms. The van der Waals surface area contributed by atoms with Gasteiger partial charge < -0.3 is 5.73 Å². The van der Waals surface area contributed by atoms with Crippen molar-refractivity contribution in [2.75, 3.05) is 12.3 Å². The standard InChI is InChI=1S/C6H11F3N2O3S/c7-6(8,9)2-1-3-15(13,14)11-4-5(10)12/h11H,1-4H2,(H2,10,12). The average molecular weight is 248 g/mol. The van der Waals surface area contributed by atoms with Crippen LogP contribution in [0.2, 0.25) is 0 Å². The highest BCUT2D eigenvalue weighted by atomic mass is 32.2. The van der Waals surface area contributed by atoms with Crippen molar-refractivity contribution >= 4 is 15.9 Å². The third-order valence-corrected chi connectivity index (χ3v) is 2.75. The van der Waals surface area contributed by atoms with E-state index in [2.05, 4.69) is 5.73 Å². The van der Waals surface area contributed by atoms with E-state index in [1.54, 1.807) is 4.72 Å². The molecule has 0 spiro atoms. The van der Waals surface area contributed by atoms with Crippen molar-refractivity contribution in [3.63, 3.8) is 0 Å². The maximum Gasteiger partial charge on any atom is 0.389 e. The normalized spacial score (nSPS) is 12.7. The van der Waals surface area contributed by atoms with Crippen LogP contribution in [0.25, 0.3) is 0 Å². The third kappa shape index (κ3) is 9.47. The molecule has 5 nitrogen and oxygen atoms in total. The first-order valence-electron chi connectivity index (χ1n) is 3.95. The van der Waals surface area contributed by atoms with Crippen molar-refractivity contribution < 1.29 is 26.4 Å². The fraction of sp³-hybridized carbons (Fsp3) is 0.833. The van der Waals surface area contributed by atoms with Crippen molar-refractivity contribution in [1.82, 2.24) is 4.72 Å². The summed E-state index contributed by atoms with van der Waals surface area (Å²) in [4.78, 5) is 10.2. The fourth-order valence-corrected chi connectivity index (χ4v) is 1.75. The molecule has 9 heteroatoms. The molecule has 1 amide bonds. The molecular weight excluding hydrogens is 237 g/mol. The number of hydrogen-bond donors (Lipinski definition) is 2. The zero-order chi connectivity index (χ0) is 12.1. The van der Waals surface area contributed by atoms with Gasteiger partial charge in [-0.05, 0) is 6.42 Å². The van der Waals surface area contributed by atoms with E-state index in [0.29, 0.717) is 0 Å². The van der Waals surface area contributed by atoms with Gasteiger partial charge in [-0.3, -0.25) is 4.79 Å². The van der Waals surface area contributed by atoms with Gasteiger partial charge in [-0.1, -0.05) is 0 Å². The molecule has 0 radical (unpaired) electrons. The highest BCUT2D eigenvalue weighted by molar-refractivity contribution is 7.89. The lowest BCUT2D eigenvalue weighted by Crippen LogP contribution is -2.35. The fourth-order valence-electron chi connectivity index (χ4n) is 0.716. The van der Waals surface area contributed by atoms with Crippen molar-refractivity contribution in [1.29, 1.82) is 0 Å². The molecule has 0 aliphatic rings. The predicted molar refractivity (Wildman–Crippen MR) is 46.3 cm³/mol. The Hall–Kier alpha value is -0.830. The van der Waals surface area contributed by atoms with E-state index in [1.807, 2.05) is 0 Å². The summed E-state index contributed by atoms with van der Waals surface area (Å²) in [5.41, 5.74) is 4.65. The molecule has 0 atom stereocenters. The first-order chi connectivity index (χ1) is 6.62. The molecule has 0 aromatic carbocycles. The van der Waals surface area contributed by atoms with Gasteiger partial charge in [-0.25, -0.2) is 13.1 Å². The Morgan fingerprint density at radius 3 is 2.27 bits per heavy atom. The maximum atomic E-state index is 11.7. The van der Waals surface area contributed by atoms with Crippen LogP contribution in [0.1, 0.15) is 12.8 Å². The summed E-state index contributed by atoms with van der Waals surface area (Å²) < 4.78 is 58.6. The second-order valence-electron chi connectivity index (χ2n) is 2.83. The second kappa shape index (κ2) is 5.31. The van der Waals surface area contributed by atoms with Gasteiger partial charge in [-0.15, -0.1) is 0 Å². The maximum absolute atomic E-state index is 11.7. The van der Waals surface area contributed by atoms with Crippen LogP contribution in [-0.4, -0.2) is 32.8 Å². The molecular formula is C6H11F3N2O3S. The summed E-state index contributed by atoms with van der Waals surface area (Å²) >= 11 is 0. The quantitative estimate of drug-likeness (QED) is 0.678. The monoisotopic (exact) mass is 248 g/mol. The molecule has 15 heavy (non-hydrogen) atoms. The highest BCUT2D eigenvalue weighted by Crippen LogP contribution is 2.21. The van der Waals surface area contributed by atoms with Crippen molar-refractivity contribution in [3.8, 4) is 0 Å². The minimum absolute atomic E-state index is 0.544. The molecule has 0 aromatic rings. The molecule has 0 aliphatic carbocycles. The van der Waals surface area contributed by atoms with Crippen molar-refractivity contribution in [3.05, 3.63) is 0 Å². The van der Waals surface area contributed by atoms with Crippen LogP contribution in [0.3, 0.4) is 0 Å². The molecule has 0 aliphatic heterocycles. The lowest BCUT2D eigenvalue weighted by atomic mass is 10.3. The average Bonchev–Trinajstić information content (AvgIpc) is 1.98. The Labute approximate surface area is 84.9 Å². The molecule has 0 aromatic heterocycles. The Kier molecular flexibility index (Phi) is 5.01. The smallest absolute Gasteiger partial charge is 0.369 e. The van der Waals surface area contributed by atoms with Gasteiger partial charge in [0, 0.05) is 6.42 Å². The Bertz CT molecular complexity index is 312. The van der Waals surface area contributed by atoms with E-state index in [9.17, 15) is 26.4 Å². The molecule has 0 saturated carbocycles. The molecule has 0 fully saturated rings. The van der Waals surface area contributed by atoms with Gasteiger partial charge in [0.25, 0.3) is 0 Å². The number of rotatable bonds is 6. The Morgan fingerprint density at radius 2 is 1.87 bits per heavy atom. The molecule has 0 rings (SSSR count). The number of hydrogen-bond acceptors (Lipinski definition) is 3. The summed E-state index contributed by atoms with van der Waals surface area (Å²) in [5, 5.41) is 0. The predicted octanol–water partition coefficient (Wildman–Crippen LogP) is -0.266. The zero-order valence-corrected chi connectivity index (χ0v) is 8.49. The van der Waals surface area contributed by atoms with Gasteiger partial charge in [0.1, 0.15) is 0 Å². The van der Waals surface area contributed by atoms with Crippen LogP contribution >= 0.6 is 0 Å². The minimum atomic E-state index is -4.38. The zero-order valence-electron chi connectivity index (χ0n) is 7.67. The van der Waals surface area contributed by atoms with Crippen molar-refractivity contribution in [2.45, 2.75) is 19.0 Å². The van der Waals surface area contributed by atoms with E-state index in [0.717, 1.165) is 0 Å². The van der Waals surface area contributed by atoms with Crippen LogP contribution in [0.5, 0.6) is 0 Å². The molecule has 90 valence electrons. The summed E-state index contributed by atoms with van der Waals surface area (Å²) in [7, 11) is -3.85. The third-order valence-electron chi connectivity index (χ3n) is 1.34. The van der Waals surface area contributed by atoms with E-state index in [4.69, 9.17) is 0 Å². The summed E-state index contributed by atoms with van der Waals surface area (Å²) in [5.74, 6) is -1.57. The number of amides is 1. The van der Waals surface area contributed by atoms with Crippen LogP contribution in [0.15, 0.2) is 0 Å². The number of carbonyl (C=O) groups is 1. The Morgan fingerprint density at radius 1 is 1.33 bits per heavy atom. The van der Waals surface area contributed by atoms with E-state index < -0.39 is 47.2 Å². The van der Waals surface area contributed by atoms with Crippen LogP contribution in [0, 0.1) is 0 Å². The van der Waals surface area contributed by atoms with Gasteiger partial charge in [0.15, 0.2) is 0 Å². The highest BCUT2D eigenvalue weighted by Gasteiger charge is 2.27. The van der Waals surface area contributed by atoms with Gasteiger partial charge in [-0.2, -0.15) is 13.2 Å². The summed E-state index contributed by atoms with van der Waals surface area (Å²) in [6, 6.07) is 0. The lowest BCUT2D eigenvalue weighted by Gasteiger charge is -2.06. The summed E-state index contributed by atoms with van der Waals surface area (Å²) in [6.45, 7) is -0.603. The first-order valence-corrected chi connectivity index (χ1v) is 5.60. The van der Waals surface area contributed by atoms with Crippen LogP contribution < -0.4 is 10.5 Å². The number of halogens is 3. The number of alkyl halides is 3. The van der Waals surface area contributed by atoms with E-state index in [1.165, 1.54) is 0 Å². The van der Waals surface area contributed by atoms with E-state index in [-0.39, 0.29) is 0 Å². The lowest BCUT2D eigenvalue weighted by molar-refractivity contribution is -0.134. The second-order valence-corrected chi connectivity index (χ2v) is 4.75. The first kappa shape index (κ1) is 14.2. The number of primary amides is 1. The molecule has 0 saturated heterocycles. The topological polar surface area (TPSA) is 89.3 Å². The van der Waals surface area contributed by atoms with Crippen molar-refractivity contribution in [2.24, 2.45) is 5.73 Å². The minimum Gasteiger partial charge on any atom is -0.369 e. The molecule has 0 unspecified atom stereocenters. The summed E-state index contributed by atoms with van der Waals surface area (Å²) in [6.07, 6.45) is -6.10. The number of sulfonamides is 1. The SMILES string of the molecule is NC(=O)CNS(=O)(=O)CCCC(F)(F)F. The number of nitrogens with one attached hydrogen (secondary N) is 1. The van der Waals surface area contributed by atoms with Gasteiger partial charge in [0.2, 0.25) is 15.9 Å². The van der Waals surface area contributed by atoms with Gasteiger partial charge >= 0.3 is 6.18 Å². The number of carbonyl (C=O) groups excluding carboxylic acids is 1. The van der Waals surface area contributed by atoms with Crippen LogP contribution in [0.4, 0.5) is 13.2 Å². The number of nitrogens with two attached hydrogens (primary N) is 1. The largest absolute Gasteiger partial charge is 0.389 e. The van der Waals surface area contributed by atoms with Crippen LogP contribution in [-0.2, 0) is 14.8 Å². The molecule has 3 N–H and O–H groups in total.